The van der Waals surface area contributed by atoms with Crippen LogP contribution in [0.1, 0.15) is 74.2 Å². The lowest BCUT2D eigenvalue weighted by atomic mass is 10.1. The molecule has 0 atom stereocenters. The molecule has 18 rings (SSSR count). The lowest BCUT2D eigenvalue weighted by Crippen LogP contribution is -2.24. The van der Waals surface area contributed by atoms with E-state index in [0.29, 0.717) is 5.82 Å². The third kappa shape index (κ3) is 24.5. The minimum absolute atomic E-state index is 0. The summed E-state index contributed by atoms with van der Waals surface area (Å²) in [5.41, 5.74) is 18.1. The second kappa shape index (κ2) is 44.5. The Balaban J connectivity index is 0.000000130. The number of hydrogen-bond acceptors (Lipinski definition) is 22. The first-order valence-corrected chi connectivity index (χ1v) is 44.4. The number of terminal acetylenes is 2. The Hall–Kier alpha value is -10.8. The summed E-state index contributed by atoms with van der Waals surface area (Å²) in [5, 5.41) is 28.1. The summed E-state index contributed by atoms with van der Waals surface area (Å²) >= 11 is 9.61. The highest BCUT2D eigenvalue weighted by Crippen LogP contribution is 2.38. The minimum atomic E-state index is 0. The van der Waals surface area contributed by atoms with E-state index in [4.69, 9.17) is 36.5 Å². The number of fused-ring (bicyclic) bond motifs is 5. The molecule has 0 spiro atoms. The van der Waals surface area contributed by atoms with Gasteiger partial charge in [-0.25, -0.2) is 9.97 Å². The van der Waals surface area contributed by atoms with Gasteiger partial charge in [-0.1, -0.05) is 110 Å². The fourth-order valence-corrected chi connectivity index (χ4v) is 19.8. The first kappa shape index (κ1) is 87.0. The molecule has 0 radical (unpaired) electrons. The van der Waals surface area contributed by atoms with E-state index in [2.05, 4.69) is 233 Å². The monoisotopic (exact) mass is 1690 g/mol. The van der Waals surface area contributed by atoms with Crippen molar-refractivity contribution in [3.8, 4) is 87.6 Å². The number of thioether (sulfide) groups is 5. The fourth-order valence-electron chi connectivity index (χ4n) is 14.6. The van der Waals surface area contributed by atoms with Gasteiger partial charge < -0.3 is 23.7 Å². The van der Waals surface area contributed by atoms with Crippen molar-refractivity contribution < 1.29 is 23.7 Å². The molecule has 0 aliphatic carbocycles. The van der Waals surface area contributed by atoms with Gasteiger partial charge in [0.05, 0.1) is 35.5 Å². The van der Waals surface area contributed by atoms with Crippen molar-refractivity contribution in [2.24, 2.45) is 0 Å². The first-order chi connectivity index (χ1) is 58.5. The summed E-state index contributed by atoms with van der Waals surface area (Å²) in [4.78, 5) is 27.6. The molecular weight excluding hydrogens is 1590 g/mol. The standard InChI is InChI=1S/2C19H20N4OS.2C19H19NOS.C18H19N5OS.CH4/c1-24-17-6-7-18-16(10-17)12-23(8-9-25-18)11-14-2-4-15(5-3-14)19-20-13-21-22-19;1-24-17-5-6-18-16(10-17)12-23(7-8-25-18)11-14-3-2-4-15(9-14)19-20-13-21-22-19;1-3-15-4-6-16(7-5-15)13-20-10-11-22-19-9-8-18(21-2)12-17(19)14-20;1-3-15-5-4-6-16(11-15)13-20-9-10-22-19-8-7-18(21-2)12-17(19)14-20;1-24-15-6-7-17-14(10-15)12-23(8-9-25-17)11-13-4-2-3-5-16(13)18-19-21-22-20-18;/h2-7,10,13H,8-9,11-12H2,1H3,(H,20,21,22);2-6,9-10,13H,7-8,11-12H2,1H3,(H,20,21,22);1,4-9,12H,10-11,13-14H2,2H3;1,4-8,11-12H,9-10,13-14H2,2H3;2-7,10H,8-9,11-12H2,1H3,(H,19,20,21,22);1H4. The molecule has 10 aromatic carbocycles. The number of aromatic nitrogens is 10. The smallest absolute Gasteiger partial charge is 0.204 e. The third-order valence-electron chi connectivity index (χ3n) is 20.7. The molecule has 20 nitrogen and oxygen atoms in total. The van der Waals surface area contributed by atoms with Crippen LogP contribution in [0.15, 0.2) is 249 Å². The van der Waals surface area contributed by atoms with Crippen molar-refractivity contribution in [1.29, 1.82) is 0 Å². The summed E-state index contributed by atoms with van der Waals surface area (Å²) in [7, 11) is 8.59. The normalized spacial score (nSPS) is 14.6. The van der Waals surface area contributed by atoms with Crippen LogP contribution in [-0.4, -0.2) is 173 Å². The van der Waals surface area contributed by atoms with Crippen LogP contribution in [0.3, 0.4) is 0 Å². The summed E-state index contributed by atoms with van der Waals surface area (Å²) < 4.78 is 26.9. The van der Waals surface area contributed by atoms with Crippen LogP contribution in [0.4, 0.5) is 0 Å². The number of rotatable bonds is 18. The van der Waals surface area contributed by atoms with Gasteiger partial charge >= 0.3 is 0 Å². The molecule has 0 bridgehead atoms. The maximum atomic E-state index is 5.49. The zero-order chi connectivity index (χ0) is 81.9. The molecule has 0 unspecified atom stereocenters. The minimum Gasteiger partial charge on any atom is -0.497 e. The van der Waals surface area contributed by atoms with Gasteiger partial charge in [0.1, 0.15) is 41.4 Å². The molecule has 3 N–H and O–H groups in total. The van der Waals surface area contributed by atoms with Crippen LogP contribution < -0.4 is 23.7 Å². The highest BCUT2D eigenvalue weighted by molar-refractivity contribution is 8.00. The molecule has 25 heteroatoms. The molecule has 3 aromatic heterocycles. The number of ether oxygens (including phenoxy) is 5. The average molecular weight is 1690 g/mol. The van der Waals surface area contributed by atoms with E-state index in [1.807, 2.05) is 126 Å². The Labute approximate surface area is 726 Å². The largest absolute Gasteiger partial charge is 0.497 e. The van der Waals surface area contributed by atoms with Crippen LogP contribution in [0.5, 0.6) is 28.7 Å². The van der Waals surface area contributed by atoms with Gasteiger partial charge in [-0.2, -0.15) is 15.4 Å². The SMILES string of the molecule is C.C#Cc1ccc(CN2CCSc3ccc(OC)cc3C2)cc1.C#Cc1cccc(CN2CCSc3ccc(OC)cc3C2)c1.COc1ccc2c(c1)CN(Cc1ccc(-c3ncn[nH]3)cc1)CCS2.COc1ccc2c(c1)CN(Cc1cccc(-c3ncn[nH]3)c1)CCS2.COc1ccc2c(c1)CN(Cc1ccccc1-c1nn[nH]n1)CCS2. The number of H-pyrrole nitrogens is 3. The second-order valence-electron chi connectivity index (χ2n) is 28.8. The summed E-state index contributed by atoms with van der Waals surface area (Å²) in [6.45, 7) is 14.6. The molecule has 0 saturated carbocycles. The van der Waals surface area contributed by atoms with Gasteiger partial charge in [-0.15, -0.1) is 81.9 Å². The Bertz CT molecular complexity index is 5500. The van der Waals surface area contributed by atoms with Gasteiger partial charge in [0, 0.05) is 179 Å². The topological polar surface area (TPSA) is 200 Å². The second-order valence-corrected chi connectivity index (χ2v) is 34.5. The predicted molar refractivity (Wildman–Crippen MR) is 488 cm³/mol. The number of benzene rings is 10. The molecule has 616 valence electrons. The molecule has 0 fully saturated rings. The highest BCUT2D eigenvalue weighted by Gasteiger charge is 2.23. The number of methoxy groups -OCH3 is 5. The van der Waals surface area contributed by atoms with Crippen molar-refractivity contribution in [2.45, 2.75) is 97.4 Å². The van der Waals surface area contributed by atoms with E-state index < -0.39 is 0 Å². The molecule has 120 heavy (non-hydrogen) atoms. The predicted octanol–water partition coefficient (Wildman–Crippen LogP) is 18.4. The van der Waals surface area contributed by atoms with Crippen LogP contribution in [-0.2, 0) is 65.4 Å². The first-order valence-electron chi connectivity index (χ1n) is 39.5. The van der Waals surface area contributed by atoms with Crippen LogP contribution in [0.2, 0.25) is 0 Å². The Morgan fingerprint density at radius 1 is 0.367 bits per heavy atom. The van der Waals surface area contributed by atoms with Crippen LogP contribution in [0.25, 0.3) is 34.2 Å². The highest BCUT2D eigenvalue weighted by atomic mass is 32.2. The lowest BCUT2D eigenvalue weighted by molar-refractivity contribution is 0.273. The van der Waals surface area contributed by atoms with Gasteiger partial charge in [0.2, 0.25) is 5.82 Å². The molecule has 8 heterocycles. The van der Waals surface area contributed by atoms with E-state index in [9.17, 15) is 0 Å². The van der Waals surface area contributed by atoms with E-state index in [-0.39, 0.29) is 7.43 Å². The lowest BCUT2D eigenvalue weighted by Gasteiger charge is -2.21. The van der Waals surface area contributed by atoms with Crippen molar-refractivity contribution in [3.05, 3.63) is 292 Å². The molecule has 5 aliphatic rings. The third-order valence-corrected chi connectivity index (χ3v) is 26.2. The summed E-state index contributed by atoms with van der Waals surface area (Å²) in [6.07, 6.45) is 14.0. The number of nitrogens with zero attached hydrogens (tertiary/aromatic N) is 12. The van der Waals surface area contributed by atoms with E-state index in [1.165, 1.54) is 86.4 Å². The number of tetrazole rings is 1. The molecular formula is C95H101N15O5S5. The zero-order valence-electron chi connectivity index (χ0n) is 67.6. The average Bonchev–Trinajstić information content (AvgIpc) is 1.74. The van der Waals surface area contributed by atoms with Crippen molar-refractivity contribution >= 4 is 58.8 Å². The fraction of sp³-hybridized carbons (Fsp3) is 0.274. The van der Waals surface area contributed by atoms with Crippen LogP contribution in [0, 0.1) is 24.7 Å². The Morgan fingerprint density at radius 2 is 0.742 bits per heavy atom. The number of hydrogen-bond donors (Lipinski definition) is 3. The maximum absolute atomic E-state index is 5.49. The van der Waals surface area contributed by atoms with Gasteiger partial charge in [0.25, 0.3) is 0 Å². The van der Waals surface area contributed by atoms with E-state index >= 15 is 0 Å². The molecule has 0 amide bonds. The zero-order valence-corrected chi connectivity index (χ0v) is 71.7. The Morgan fingerprint density at radius 3 is 1.12 bits per heavy atom. The number of aromatic amines is 3. The molecule has 5 aliphatic heterocycles. The van der Waals surface area contributed by atoms with Crippen molar-refractivity contribution in [1.82, 2.24) is 75.5 Å². The van der Waals surface area contributed by atoms with Gasteiger partial charge in [0.15, 0.2) is 11.6 Å². The van der Waals surface area contributed by atoms with Crippen molar-refractivity contribution in [3.63, 3.8) is 0 Å². The van der Waals surface area contributed by atoms with Gasteiger partial charge in [-0.3, -0.25) is 34.7 Å². The number of nitrogens with one attached hydrogen (secondary N) is 3. The maximum Gasteiger partial charge on any atom is 0.204 e. The quantitative estimate of drug-likeness (QED) is 0.0684. The molecule has 0 saturated heterocycles. The van der Waals surface area contributed by atoms with E-state index in [0.717, 1.165) is 195 Å². The summed E-state index contributed by atoms with van der Waals surface area (Å²) in [6, 6.07) is 73.6. The van der Waals surface area contributed by atoms with Crippen LogP contribution >= 0.6 is 58.8 Å². The molecule has 13 aromatic rings. The van der Waals surface area contributed by atoms with Gasteiger partial charge in [-0.05, 0) is 182 Å². The summed E-state index contributed by atoms with van der Waals surface area (Å²) in [5.74, 6) is 17.7. The van der Waals surface area contributed by atoms with Crippen molar-refractivity contribution in [2.75, 3.05) is 97.0 Å². The van der Waals surface area contributed by atoms with E-state index in [1.54, 1.807) is 41.9 Å². The Kier molecular flexibility index (Phi) is 32.3.